The molecule has 1 unspecified atom stereocenters. The molecule has 0 spiro atoms. The van der Waals surface area contributed by atoms with Gasteiger partial charge in [0.15, 0.2) is 0 Å². The van der Waals surface area contributed by atoms with E-state index in [1.54, 1.807) is 6.07 Å². The van der Waals surface area contributed by atoms with Gasteiger partial charge in [0.05, 0.1) is 11.8 Å². The standard InChI is InChI=1S/C22H25F3N4S/c1-14(15-6-4-3-5-7-15)28-16-8-9-17(10-16)29(2)20-19-11-18(12-22(23,24)25)30-21(19)27-13-26-20/h3-7,11,13-14,16-17,28H,8-10,12H2,1-2H3/t14?,16-,17+/m0/s1. The van der Waals surface area contributed by atoms with Crippen LogP contribution in [0, 0.1) is 0 Å². The molecule has 0 saturated heterocycles. The van der Waals surface area contributed by atoms with Crippen LogP contribution in [0.2, 0.25) is 0 Å². The Kier molecular flexibility index (Phi) is 5.97. The topological polar surface area (TPSA) is 41.0 Å². The van der Waals surface area contributed by atoms with Gasteiger partial charge in [-0.2, -0.15) is 13.2 Å². The number of hydrogen-bond donors (Lipinski definition) is 1. The molecule has 4 rings (SSSR count). The maximum absolute atomic E-state index is 12.8. The van der Waals surface area contributed by atoms with Gasteiger partial charge in [-0.25, -0.2) is 9.97 Å². The van der Waals surface area contributed by atoms with Gasteiger partial charge in [-0.15, -0.1) is 11.3 Å². The first-order valence-electron chi connectivity index (χ1n) is 10.1. The molecule has 8 heteroatoms. The van der Waals surface area contributed by atoms with Crippen LogP contribution >= 0.6 is 11.3 Å². The second kappa shape index (κ2) is 8.51. The Morgan fingerprint density at radius 2 is 1.97 bits per heavy atom. The maximum Gasteiger partial charge on any atom is 0.393 e. The van der Waals surface area contributed by atoms with E-state index in [1.165, 1.54) is 11.9 Å². The van der Waals surface area contributed by atoms with Crippen LogP contribution in [-0.4, -0.2) is 35.3 Å². The number of rotatable bonds is 6. The van der Waals surface area contributed by atoms with Crippen molar-refractivity contribution >= 4 is 27.4 Å². The number of hydrogen-bond acceptors (Lipinski definition) is 5. The summed E-state index contributed by atoms with van der Waals surface area (Å²) in [5.74, 6) is 0.714. The number of anilines is 1. The minimum atomic E-state index is -4.22. The fourth-order valence-corrected chi connectivity index (χ4v) is 5.30. The second-order valence-electron chi connectivity index (χ2n) is 7.99. The van der Waals surface area contributed by atoms with Gasteiger partial charge in [-0.3, -0.25) is 0 Å². The van der Waals surface area contributed by atoms with Crippen molar-refractivity contribution in [3.8, 4) is 0 Å². The monoisotopic (exact) mass is 434 g/mol. The first-order valence-corrected chi connectivity index (χ1v) is 11.0. The smallest absolute Gasteiger partial charge is 0.356 e. The average Bonchev–Trinajstić information content (AvgIpc) is 3.32. The zero-order valence-electron chi connectivity index (χ0n) is 17.0. The highest BCUT2D eigenvalue weighted by Gasteiger charge is 2.31. The number of nitrogens with one attached hydrogen (secondary N) is 1. The number of benzene rings is 1. The molecule has 3 atom stereocenters. The van der Waals surface area contributed by atoms with Crippen LogP contribution in [0.3, 0.4) is 0 Å². The van der Waals surface area contributed by atoms with Crippen molar-refractivity contribution in [3.05, 3.63) is 53.2 Å². The summed E-state index contributed by atoms with van der Waals surface area (Å²) in [6.07, 6.45) is -0.656. The summed E-state index contributed by atoms with van der Waals surface area (Å²) in [6, 6.07) is 12.9. The molecule has 0 bridgehead atoms. The van der Waals surface area contributed by atoms with Crippen molar-refractivity contribution in [1.29, 1.82) is 0 Å². The predicted molar refractivity (Wildman–Crippen MR) is 115 cm³/mol. The van der Waals surface area contributed by atoms with Gasteiger partial charge < -0.3 is 10.2 Å². The molecule has 2 heterocycles. The fraction of sp³-hybridized carbons (Fsp3) is 0.455. The van der Waals surface area contributed by atoms with Crippen LogP contribution in [0.15, 0.2) is 42.7 Å². The Labute approximate surface area is 178 Å². The van der Waals surface area contributed by atoms with Gasteiger partial charge in [-0.05, 0) is 37.8 Å². The minimum Gasteiger partial charge on any atom is -0.356 e. The lowest BCUT2D eigenvalue weighted by molar-refractivity contribution is -0.126. The van der Waals surface area contributed by atoms with Crippen molar-refractivity contribution in [2.24, 2.45) is 0 Å². The molecule has 0 amide bonds. The third kappa shape index (κ3) is 4.75. The molecular formula is C22H25F3N4S. The van der Waals surface area contributed by atoms with Gasteiger partial charge in [0.2, 0.25) is 0 Å². The summed E-state index contributed by atoms with van der Waals surface area (Å²) < 4.78 is 38.4. The lowest BCUT2D eigenvalue weighted by atomic mass is 10.1. The summed E-state index contributed by atoms with van der Waals surface area (Å²) >= 11 is 1.09. The Morgan fingerprint density at radius 3 is 2.70 bits per heavy atom. The fourth-order valence-electron chi connectivity index (χ4n) is 4.28. The van der Waals surface area contributed by atoms with Gasteiger partial charge in [0, 0.05) is 30.1 Å². The van der Waals surface area contributed by atoms with Crippen molar-refractivity contribution in [1.82, 2.24) is 15.3 Å². The van der Waals surface area contributed by atoms with Gasteiger partial charge in [0.25, 0.3) is 0 Å². The molecular weight excluding hydrogens is 409 g/mol. The third-order valence-electron chi connectivity index (χ3n) is 5.81. The average molecular weight is 435 g/mol. The molecule has 1 N–H and O–H groups in total. The molecule has 1 fully saturated rings. The van der Waals surface area contributed by atoms with E-state index >= 15 is 0 Å². The van der Waals surface area contributed by atoms with Crippen molar-refractivity contribution in [2.75, 3.05) is 11.9 Å². The van der Waals surface area contributed by atoms with E-state index in [9.17, 15) is 13.2 Å². The van der Waals surface area contributed by atoms with Crippen molar-refractivity contribution in [2.45, 2.75) is 56.9 Å². The Hall–Kier alpha value is -2.19. The predicted octanol–water partition coefficient (Wildman–Crippen LogP) is 5.50. The largest absolute Gasteiger partial charge is 0.393 e. The quantitative estimate of drug-likeness (QED) is 0.556. The Bertz CT molecular complexity index is 989. The number of halogens is 3. The van der Waals surface area contributed by atoms with Crippen LogP contribution in [0.25, 0.3) is 10.2 Å². The van der Waals surface area contributed by atoms with E-state index < -0.39 is 12.6 Å². The molecule has 1 saturated carbocycles. The van der Waals surface area contributed by atoms with Crippen molar-refractivity contribution in [3.63, 3.8) is 0 Å². The van der Waals surface area contributed by atoms with Gasteiger partial charge in [-0.1, -0.05) is 30.3 Å². The summed E-state index contributed by atoms with van der Waals surface area (Å²) in [6.45, 7) is 2.17. The van der Waals surface area contributed by atoms with Gasteiger partial charge >= 0.3 is 6.18 Å². The molecule has 2 aromatic heterocycles. The zero-order chi connectivity index (χ0) is 21.3. The normalized spacial score (nSPS) is 20.6. The number of nitrogens with zero attached hydrogens (tertiary/aromatic N) is 3. The summed E-state index contributed by atoms with van der Waals surface area (Å²) in [5.41, 5.74) is 1.27. The highest BCUT2D eigenvalue weighted by molar-refractivity contribution is 7.18. The summed E-state index contributed by atoms with van der Waals surface area (Å²) in [4.78, 5) is 11.6. The first-order chi connectivity index (χ1) is 14.3. The lowest BCUT2D eigenvalue weighted by Crippen LogP contribution is -2.34. The molecule has 0 radical (unpaired) electrons. The maximum atomic E-state index is 12.8. The minimum absolute atomic E-state index is 0.271. The molecule has 1 aliphatic carbocycles. The third-order valence-corrected chi connectivity index (χ3v) is 6.85. The molecule has 30 heavy (non-hydrogen) atoms. The summed E-state index contributed by atoms with van der Waals surface area (Å²) in [5, 5.41) is 4.42. The molecule has 0 aliphatic heterocycles. The van der Waals surface area contributed by atoms with Crippen LogP contribution in [0.4, 0.5) is 19.0 Å². The van der Waals surface area contributed by atoms with E-state index in [0.717, 1.165) is 30.6 Å². The van der Waals surface area contributed by atoms with Crippen LogP contribution in [0.1, 0.15) is 42.7 Å². The van der Waals surface area contributed by atoms with E-state index in [0.29, 0.717) is 22.1 Å². The zero-order valence-corrected chi connectivity index (χ0v) is 17.8. The Balaban J connectivity index is 1.46. The molecule has 4 nitrogen and oxygen atoms in total. The van der Waals surface area contributed by atoms with Gasteiger partial charge in [0.1, 0.15) is 17.0 Å². The number of alkyl halides is 3. The van der Waals surface area contributed by atoms with Crippen LogP contribution in [0.5, 0.6) is 0 Å². The van der Waals surface area contributed by atoms with E-state index in [1.807, 2.05) is 25.2 Å². The molecule has 160 valence electrons. The van der Waals surface area contributed by atoms with Crippen LogP contribution < -0.4 is 10.2 Å². The van der Waals surface area contributed by atoms with Crippen molar-refractivity contribution < 1.29 is 13.2 Å². The number of fused-ring (bicyclic) bond motifs is 1. The van der Waals surface area contributed by atoms with Crippen LogP contribution in [-0.2, 0) is 6.42 Å². The highest BCUT2D eigenvalue weighted by Crippen LogP contribution is 2.36. The second-order valence-corrected chi connectivity index (χ2v) is 9.11. The summed E-state index contributed by atoms with van der Waals surface area (Å²) in [7, 11) is 1.98. The first kappa shape index (κ1) is 21.1. The Morgan fingerprint density at radius 1 is 1.20 bits per heavy atom. The lowest BCUT2D eigenvalue weighted by Gasteiger charge is -2.27. The molecule has 1 aromatic carbocycles. The van der Waals surface area contributed by atoms with E-state index in [-0.39, 0.29) is 17.0 Å². The molecule has 3 aromatic rings. The number of thiophene rings is 1. The highest BCUT2D eigenvalue weighted by atomic mass is 32.1. The number of aromatic nitrogens is 2. The SMILES string of the molecule is CC(N[C@H]1CC[C@@H](N(C)c2ncnc3sc(CC(F)(F)F)cc23)C1)c1ccccc1. The molecule has 1 aliphatic rings. The van der Waals surface area contributed by atoms with E-state index in [2.05, 4.69) is 39.2 Å². The van der Waals surface area contributed by atoms with E-state index in [4.69, 9.17) is 0 Å².